The fourth-order valence-electron chi connectivity index (χ4n) is 3.16. The Morgan fingerprint density at radius 3 is 2.54 bits per heavy atom. The third-order valence-corrected chi connectivity index (χ3v) is 4.50. The fourth-order valence-corrected chi connectivity index (χ4v) is 3.16. The number of nitro groups is 1. The molecule has 3 N–H and O–H groups in total. The monoisotopic (exact) mass is 363 g/mol. The van der Waals surface area contributed by atoms with E-state index >= 15 is 0 Å². The predicted molar refractivity (Wildman–Crippen MR) is 91.6 cm³/mol. The molecule has 0 heterocycles. The Morgan fingerprint density at radius 1 is 1.31 bits per heavy atom. The lowest BCUT2D eigenvalue weighted by Crippen LogP contribution is -2.54. The Morgan fingerprint density at radius 2 is 1.96 bits per heavy atom. The maximum atomic E-state index is 12.4. The number of amides is 2. The van der Waals surface area contributed by atoms with Crippen molar-refractivity contribution >= 4 is 23.5 Å². The molecule has 26 heavy (non-hydrogen) atoms. The van der Waals surface area contributed by atoms with Gasteiger partial charge in [0.2, 0.25) is 5.91 Å². The second-order valence-corrected chi connectivity index (χ2v) is 6.55. The van der Waals surface area contributed by atoms with Crippen LogP contribution in [0.2, 0.25) is 0 Å². The molecule has 1 aliphatic rings. The Balaban J connectivity index is 2.02. The number of hydrogen-bond acceptors (Lipinski definition) is 5. The number of benzene rings is 1. The number of nitro benzene ring substituents is 1. The molecule has 0 saturated heterocycles. The van der Waals surface area contributed by atoms with Gasteiger partial charge in [-0.15, -0.1) is 0 Å². The molecule has 1 unspecified atom stereocenters. The summed E-state index contributed by atoms with van der Waals surface area (Å²) in [5.74, 6) is -2.08. The first-order valence-electron chi connectivity index (χ1n) is 8.32. The molecule has 2 amide bonds. The van der Waals surface area contributed by atoms with Gasteiger partial charge in [0.25, 0.3) is 11.6 Å². The average Bonchev–Trinajstić information content (AvgIpc) is 3.01. The molecule has 1 aliphatic carbocycles. The minimum atomic E-state index is -0.986. The largest absolute Gasteiger partial charge is 0.481 e. The summed E-state index contributed by atoms with van der Waals surface area (Å²) in [6, 6.07) is 4.28. The van der Waals surface area contributed by atoms with Crippen molar-refractivity contribution < 1.29 is 24.4 Å². The molecule has 1 fully saturated rings. The van der Waals surface area contributed by atoms with Crippen molar-refractivity contribution in [3.8, 4) is 0 Å². The van der Waals surface area contributed by atoms with Crippen LogP contribution < -0.4 is 10.6 Å². The normalized spacial score (nSPS) is 16.5. The van der Waals surface area contributed by atoms with Crippen LogP contribution in [0.1, 0.15) is 49.4 Å². The van der Waals surface area contributed by atoms with Gasteiger partial charge in [-0.3, -0.25) is 24.5 Å². The molecule has 2 rings (SSSR count). The zero-order chi connectivity index (χ0) is 19.3. The third-order valence-electron chi connectivity index (χ3n) is 4.50. The summed E-state index contributed by atoms with van der Waals surface area (Å²) in [4.78, 5) is 45.9. The van der Waals surface area contributed by atoms with Crippen LogP contribution in [0, 0.1) is 10.1 Å². The molecule has 1 aromatic carbocycles. The molecular formula is C17H21N3O6. The number of carboxylic acids is 1. The van der Waals surface area contributed by atoms with Crippen LogP contribution in [-0.2, 0) is 9.59 Å². The number of carboxylic acid groups (broad SMARTS) is 1. The second-order valence-electron chi connectivity index (χ2n) is 6.55. The van der Waals surface area contributed by atoms with E-state index in [4.69, 9.17) is 5.11 Å². The summed E-state index contributed by atoms with van der Waals surface area (Å²) >= 11 is 0. The summed E-state index contributed by atoms with van der Waals surface area (Å²) in [7, 11) is 0. The highest BCUT2D eigenvalue weighted by Crippen LogP contribution is 2.32. The Labute approximate surface area is 149 Å². The summed E-state index contributed by atoms with van der Waals surface area (Å²) in [5.41, 5.74) is -0.936. The predicted octanol–water partition coefficient (Wildman–Crippen LogP) is 1.62. The number of aliphatic carboxylic acids is 1. The molecule has 0 radical (unpaired) electrons. The molecule has 0 spiro atoms. The molecule has 0 bridgehead atoms. The van der Waals surface area contributed by atoms with Crippen LogP contribution in [0.5, 0.6) is 0 Å². The molecule has 1 atom stereocenters. The lowest BCUT2D eigenvalue weighted by molar-refractivity contribution is -0.384. The second kappa shape index (κ2) is 7.94. The number of carbonyl (C=O) groups excluding carboxylic acids is 2. The molecule has 1 aromatic rings. The van der Waals surface area contributed by atoms with E-state index in [9.17, 15) is 24.5 Å². The van der Waals surface area contributed by atoms with Gasteiger partial charge in [-0.2, -0.15) is 0 Å². The number of hydrogen-bond donors (Lipinski definition) is 3. The van der Waals surface area contributed by atoms with E-state index in [2.05, 4.69) is 10.6 Å². The van der Waals surface area contributed by atoms with Crippen LogP contribution in [0.4, 0.5) is 5.69 Å². The summed E-state index contributed by atoms with van der Waals surface area (Å²) < 4.78 is 0. The van der Waals surface area contributed by atoms with E-state index in [1.54, 1.807) is 0 Å². The van der Waals surface area contributed by atoms with Gasteiger partial charge in [0.05, 0.1) is 16.9 Å². The van der Waals surface area contributed by atoms with E-state index in [-0.39, 0.29) is 17.7 Å². The van der Waals surface area contributed by atoms with Gasteiger partial charge in [0.1, 0.15) is 6.04 Å². The van der Waals surface area contributed by atoms with Crippen LogP contribution in [0.25, 0.3) is 0 Å². The van der Waals surface area contributed by atoms with Crippen molar-refractivity contribution in [1.82, 2.24) is 10.6 Å². The molecule has 140 valence electrons. The van der Waals surface area contributed by atoms with E-state index in [0.717, 1.165) is 18.9 Å². The molecule has 0 aromatic heterocycles. The van der Waals surface area contributed by atoms with E-state index < -0.39 is 34.3 Å². The Hall–Kier alpha value is -2.97. The van der Waals surface area contributed by atoms with Crippen LogP contribution in [-0.4, -0.2) is 39.4 Å². The molecule has 0 aliphatic heterocycles. The van der Waals surface area contributed by atoms with Gasteiger partial charge in [-0.05, 0) is 25.8 Å². The first-order valence-corrected chi connectivity index (χ1v) is 8.32. The van der Waals surface area contributed by atoms with Crippen molar-refractivity contribution in [2.75, 3.05) is 0 Å². The molecule has 9 heteroatoms. The van der Waals surface area contributed by atoms with Gasteiger partial charge < -0.3 is 15.7 Å². The van der Waals surface area contributed by atoms with Gasteiger partial charge in [-0.25, -0.2) is 0 Å². The lowest BCUT2D eigenvalue weighted by Gasteiger charge is -2.30. The summed E-state index contributed by atoms with van der Waals surface area (Å²) in [6.07, 6.45) is 2.67. The highest BCUT2D eigenvalue weighted by molar-refractivity contribution is 5.98. The topological polar surface area (TPSA) is 139 Å². The van der Waals surface area contributed by atoms with Crippen molar-refractivity contribution in [2.24, 2.45) is 0 Å². The molecule has 1 saturated carbocycles. The lowest BCUT2D eigenvalue weighted by atomic mass is 9.92. The maximum Gasteiger partial charge on any atom is 0.305 e. The van der Waals surface area contributed by atoms with Crippen molar-refractivity contribution in [3.05, 3.63) is 39.9 Å². The molecule has 9 nitrogen and oxygen atoms in total. The standard InChI is InChI=1S/C17H21N3O6/c1-11(15(23)19-17(10-14(21)22)7-2-3-8-17)18-16(24)12-5-4-6-13(9-12)20(25)26/h4-6,9,11H,2-3,7-8,10H2,1H3,(H,18,24)(H,19,23)(H,21,22). The highest BCUT2D eigenvalue weighted by Gasteiger charge is 2.38. The average molecular weight is 363 g/mol. The van der Waals surface area contributed by atoms with E-state index in [0.29, 0.717) is 12.8 Å². The Bertz CT molecular complexity index is 727. The van der Waals surface area contributed by atoms with Gasteiger partial charge in [0, 0.05) is 17.7 Å². The minimum Gasteiger partial charge on any atom is -0.481 e. The van der Waals surface area contributed by atoms with Crippen LogP contribution >= 0.6 is 0 Å². The summed E-state index contributed by atoms with van der Waals surface area (Å²) in [5, 5.41) is 25.1. The summed E-state index contributed by atoms with van der Waals surface area (Å²) in [6.45, 7) is 1.48. The fraction of sp³-hybridized carbons (Fsp3) is 0.471. The highest BCUT2D eigenvalue weighted by atomic mass is 16.6. The number of nitrogens with one attached hydrogen (secondary N) is 2. The number of rotatable bonds is 7. The first kappa shape index (κ1) is 19.4. The van der Waals surface area contributed by atoms with Crippen molar-refractivity contribution in [2.45, 2.75) is 50.6 Å². The van der Waals surface area contributed by atoms with E-state index in [1.165, 1.54) is 25.1 Å². The first-order chi connectivity index (χ1) is 12.2. The molecular weight excluding hydrogens is 342 g/mol. The number of nitrogens with zero attached hydrogens (tertiary/aromatic N) is 1. The van der Waals surface area contributed by atoms with Gasteiger partial charge in [-0.1, -0.05) is 18.9 Å². The Kier molecular flexibility index (Phi) is 5.91. The van der Waals surface area contributed by atoms with Gasteiger partial charge >= 0.3 is 5.97 Å². The van der Waals surface area contributed by atoms with E-state index in [1.807, 2.05) is 0 Å². The third kappa shape index (κ3) is 4.78. The SMILES string of the molecule is CC(NC(=O)c1cccc([N+](=O)[O-])c1)C(=O)NC1(CC(=O)O)CCCC1. The van der Waals surface area contributed by atoms with Crippen molar-refractivity contribution in [3.63, 3.8) is 0 Å². The zero-order valence-electron chi connectivity index (χ0n) is 14.4. The minimum absolute atomic E-state index is 0.0694. The number of non-ortho nitro benzene ring substituents is 1. The maximum absolute atomic E-state index is 12.4. The van der Waals surface area contributed by atoms with Crippen LogP contribution in [0.15, 0.2) is 24.3 Å². The quantitative estimate of drug-likeness (QED) is 0.497. The van der Waals surface area contributed by atoms with Crippen LogP contribution in [0.3, 0.4) is 0 Å². The number of carbonyl (C=O) groups is 3. The van der Waals surface area contributed by atoms with Gasteiger partial charge in [0.15, 0.2) is 0 Å². The zero-order valence-corrected chi connectivity index (χ0v) is 14.4. The van der Waals surface area contributed by atoms with Crippen molar-refractivity contribution in [1.29, 1.82) is 0 Å². The smallest absolute Gasteiger partial charge is 0.305 e.